The SMILES string of the molecule is CCCCNC(=O)NC(=O)CN1C(=O)N[C@](Cc2ccccc2)(c2ccccc2)C1=O. The minimum atomic E-state index is -1.33. The average Bonchev–Trinajstić information content (AvgIpc) is 3.00. The van der Waals surface area contributed by atoms with Gasteiger partial charge in [0.05, 0.1) is 0 Å². The van der Waals surface area contributed by atoms with Gasteiger partial charge in [0.25, 0.3) is 5.91 Å². The van der Waals surface area contributed by atoms with E-state index in [1.165, 1.54) is 0 Å². The summed E-state index contributed by atoms with van der Waals surface area (Å²) in [6.45, 7) is 1.87. The second-order valence-electron chi connectivity index (χ2n) is 7.41. The highest BCUT2D eigenvalue weighted by Crippen LogP contribution is 2.32. The Hall–Kier alpha value is -3.68. The Morgan fingerprint density at radius 3 is 2.29 bits per heavy atom. The highest BCUT2D eigenvalue weighted by Gasteiger charge is 2.52. The van der Waals surface area contributed by atoms with E-state index in [2.05, 4.69) is 16.0 Å². The summed E-state index contributed by atoms with van der Waals surface area (Å²) in [6, 6.07) is 17.0. The Labute approximate surface area is 181 Å². The van der Waals surface area contributed by atoms with Gasteiger partial charge in [0.15, 0.2) is 5.54 Å². The van der Waals surface area contributed by atoms with Crippen molar-refractivity contribution < 1.29 is 19.2 Å². The summed E-state index contributed by atoms with van der Waals surface area (Å²) in [5.41, 5.74) is 0.155. The fraction of sp³-hybridized carbons (Fsp3) is 0.304. The summed E-state index contributed by atoms with van der Waals surface area (Å²) >= 11 is 0. The van der Waals surface area contributed by atoms with Gasteiger partial charge >= 0.3 is 12.1 Å². The van der Waals surface area contributed by atoms with E-state index in [0.717, 1.165) is 23.3 Å². The van der Waals surface area contributed by atoms with Gasteiger partial charge in [-0.15, -0.1) is 0 Å². The van der Waals surface area contributed by atoms with Gasteiger partial charge in [0.2, 0.25) is 5.91 Å². The van der Waals surface area contributed by atoms with E-state index in [9.17, 15) is 19.2 Å². The monoisotopic (exact) mass is 422 g/mol. The van der Waals surface area contributed by atoms with Crippen molar-refractivity contribution in [3.8, 4) is 0 Å². The van der Waals surface area contributed by atoms with Crippen LogP contribution in [0.3, 0.4) is 0 Å². The normalized spacial score (nSPS) is 17.9. The van der Waals surface area contributed by atoms with Gasteiger partial charge in [-0.1, -0.05) is 74.0 Å². The summed E-state index contributed by atoms with van der Waals surface area (Å²) in [5.74, 6) is -1.27. The van der Waals surface area contributed by atoms with Crippen molar-refractivity contribution in [1.29, 1.82) is 0 Å². The zero-order chi connectivity index (χ0) is 22.3. The molecule has 0 spiro atoms. The number of rotatable bonds is 8. The quantitative estimate of drug-likeness (QED) is 0.448. The number of carbonyl (C=O) groups excluding carboxylic acids is 4. The van der Waals surface area contributed by atoms with Crippen LogP contribution in [0.4, 0.5) is 9.59 Å². The third kappa shape index (κ3) is 5.09. The minimum absolute atomic E-state index is 0.234. The second-order valence-corrected chi connectivity index (χ2v) is 7.41. The number of urea groups is 2. The molecule has 0 aromatic heterocycles. The molecule has 0 bridgehead atoms. The zero-order valence-electron chi connectivity index (χ0n) is 17.4. The first-order valence-electron chi connectivity index (χ1n) is 10.3. The van der Waals surface area contributed by atoms with Crippen LogP contribution in [0.15, 0.2) is 60.7 Å². The number of unbranched alkanes of at least 4 members (excludes halogenated alkanes) is 1. The fourth-order valence-corrected chi connectivity index (χ4v) is 3.54. The van der Waals surface area contributed by atoms with Crippen molar-refractivity contribution in [2.45, 2.75) is 31.7 Å². The van der Waals surface area contributed by atoms with Crippen LogP contribution in [-0.2, 0) is 21.5 Å². The van der Waals surface area contributed by atoms with Gasteiger partial charge in [0.1, 0.15) is 6.54 Å². The third-order valence-corrected chi connectivity index (χ3v) is 5.12. The minimum Gasteiger partial charge on any atom is -0.338 e. The molecule has 1 aliphatic heterocycles. The fourth-order valence-electron chi connectivity index (χ4n) is 3.54. The highest BCUT2D eigenvalue weighted by atomic mass is 16.2. The Morgan fingerprint density at radius 1 is 1.00 bits per heavy atom. The molecular weight excluding hydrogens is 396 g/mol. The van der Waals surface area contributed by atoms with Gasteiger partial charge in [-0.2, -0.15) is 0 Å². The highest BCUT2D eigenvalue weighted by molar-refractivity contribution is 6.10. The molecule has 6 amide bonds. The topological polar surface area (TPSA) is 108 Å². The summed E-state index contributed by atoms with van der Waals surface area (Å²) in [5, 5.41) is 7.51. The predicted octanol–water partition coefficient (Wildman–Crippen LogP) is 2.30. The summed E-state index contributed by atoms with van der Waals surface area (Å²) in [6.07, 6.45) is 1.92. The zero-order valence-corrected chi connectivity index (χ0v) is 17.4. The van der Waals surface area contributed by atoms with Gasteiger partial charge in [-0.25, -0.2) is 9.59 Å². The molecule has 0 radical (unpaired) electrons. The number of carbonyl (C=O) groups is 4. The van der Waals surface area contributed by atoms with E-state index in [-0.39, 0.29) is 6.42 Å². The first kappa shape index (κ1) is 22.0. The van der Waals surface area contributed by atoms with Gasteiger partial charge in [0, 0.05) is 13.0 Å². The number of hydrogen-bond donors (Lipinski definition) is 3. The Kier molecular flexibility index (Phi) is 7.02. The molecule has 1 atom stereocenters. The van der Waals surface area contributed by atoms with Gasteiger partial charge in [-0.05, 0) is 17.5 Å². The first-order valence-corrected chi connectivity index (χ1v) is 10.3. The number of nitrogens with zero attached hydrogens (tertiary/aromatic N) is 1. The van der Waals surface area contributed by atoms with Crippen LogP contribution in [0.25, 0.3) is 0 Å². The molecule has 1 heterocycles. The molecule has 162 valence electrons. The number of imide groups is 2. The largest absolute Gasteiger partial charge is 0.338 e. The number of amides is 6. The van der Waals surface area contributed by atoms with Crippen LogP contribution < -0.4 is 16.0 Å². The van der Waals surface area contributed by atoms with Crippen molar-refractivity contribution in [2.24, 2.45) is 0 Å². The average molecular weight is 422 g/mol. The smallest absolute Gasteiger partial charge is 0.325 e. The van der Waals surface area contributed by atoms with Crippen LogP contribution in [0, 0.1) is 0 Å². The molecule has 8 heteroatoms. The summed E-state index contributed by atoms with van der Waals surface area (Å²) < 4.78 is 0. The molecule has 1 fully saturated rings. The van der Waals surface area contributed by atoms with Crippen LogP contribution in [-0.4, -0.2) is 41.9 Å². The van der Waals surface area contributed by atoms with E-state index < -0.39 is 36.0 Å². The van der Waals surface area contributed by atoms with Crippen molar-refractivity contribution >= 4 is 23.9 Å². The van der Waals surface area contributed by atoms with Gasteiger partial charge < -0.3 is 10.6 Å². The van der Waals surface area contributed by atoms with E-state index in [1.54, 1.807) is 24.3 Å². The molecule has 1 saturated heterocycles. The number of nitrogens with one attached hydrogen (secondary N) is 3. The van der Waals surface area contributed by atoms with Crippen LogP contribution in [0.5, 0.6) is 0 Å². The third-order valence-electron chi connectivity index (χ3n) is 5.12. The van der Waals surface area contributed by atoms with Gasteiger partial charge in [-0.3, -0.25) is 19.8 Å². The van der Waals surface area contributed by atoms with Crippen molar-refractivity contribution in [2.75, 3.05) is 13.1 Å². The maximum absolute atomic E-state index is 13.4. The lowest BCUT2D eigenvalue weighted by atomic mass is 9.83. The lowest BCUT2D eigenvalue weighted by Crippen LogP contribution is -2.48. The lowest BCUT2D eigenvalue weighted by molar-refractivity contribution is -0.135. The molecule has 3 N–H and O–H groups in total. The van der Waals surface area contributed by atoms with Crippen molar-refractivity contribution in [3.63, 3.8) is 0 Å². The van der Waals surface area contributed by atoms with E-state index in [1.807, 2.05) is 43.3 Å². The number of benzene rings is 2. The molecule has 1 aliphatic rings. The molecule has 3 rings (SSSR count). The second kappa shape index (κ2) is 9.88. The molecule has 2 aromatic carbocycles. The maximum atomic E-state index is 13.4. The molecule has 0 aliphatic carbocycles. The molecule has 0 saturated carbocycles. The standard InChI is InChI=1S/C23H26N4O4/c1-2-3-14-24-21(30)25-19(28)16-27-20(29)23(26-22(27)31,18-12-8-5-9-13-18)15-17-10-6-4-7-11-17/h4-13H,2-3,14-16H2,1H3,(H,26,31)(H2,24,25,28,30)/t23-/m1/s1. The molecule has 0 unspecified atom stereocenters. The molecule has 2 aromatic rings. The molecule has 8 nitrogen and oxygen atoms in total. The maximum Gasteiger partial charge on any atom is 0.325 e. The van der Waals surface area contributed by atoms with Crippen molar-refractivity contribution in [3.05, 3.63) is 71.8 Å². The molecular formula is C23H26N4O4. The van der Waals surface area contributed by atoms with E-state index in [4.69, 9.17) is 0 Å². The van der Waals surface area contributed by atoms with Crippen LogP contribution in [0.1, 0.15) is 30.9 Å². The Balaban J connectivity index is 1.78. The summed E-state index contributed by atoms with van der Waals surface area (Å²) in [7, 11) is 0. The van der Waals surface area contributed by atoms with E-state index in [0.29, 0.717) is 12.1 Å². The summed E-state index contributed by atoms with van der Waals surface area (Å²) in [4.78, 5) is 51.1. The Morgan fingerprint density at radius 2 is 1.65 bits per heavy atom. The molecule has 31 heavy (non-hydrogen) atoms. The predicted molar refractivity (Wildman–Crippen MR) is 115 cm³/mol. The lowest BCUT2D eigenvalue weighted by Gasteiger charge is -2.27. The Bertz CT molecular complexity index is 949. The van der Waals surface area contributed by atoms with Crippen LogP contribution in [0.2, 0.25) is 0 Å². The van der Waals surface area contributed by atoms with Crippen molar-refractivity contribution in [1.82, 2.24) is 20.9 Å². The number of hydrogen-bond acceptors (Lipinski definition) is 4. The van der Waals surface area contributed by atoms with E-state index >= 15 is 0 Å². The van der Waals surface area contributed by atoms with Crippen LogP contribution >= 0.6 is 0 Å². The first-order chi connectivity index (χ1) is 15.0.